The van der Waals surface area contributed by atoms with Gasteiger partial charge in [0.25, 0.3) is 0 Å². The Morgan fingerprint density at radius 2 is 2.05 bits per heavy atom. The molecule has 1 aromatic heterocycles. The molecule has 106 valence electrons. The fourth-order valence-corrected chi connectivity index (χ4v) is 2.74. The molecule has 3 aromatic rings. The van der Waals surface area contributed by atoms with Crippen LogP contribution in [0.3, 0.4) is 0 Å². The minimum Gasteiger partial charge on any atom is -0.450 e. The maximum atomic E-state index is 11.3. The van der Waals surface area contributed by atoms with E-state index in [0.717, 1.165) is 10.3 Å². The molecule has 21 heavy (non-hydrogen) atoms. The summed E-state index contributed by atoms with van der Waals surface area (Å²) in [6, 6.07) is 8.49. The van der Waals surface area contributed by atoms with Crippen molar-refractivity contribution < 1.29 is 9.66 Å². The van der Waals surface area contributed by atoms with Gasteiger partial charge >= 0.3 is 5.69 Å². The van der Waals surface area contributed by atoms with Crippen LogP contribution in [0.1, 0.15) is 5.56 Å². The van der Waals surface area contributed by atoms with Gasteiger partial charge in [-0.15, -0.1) is 11.3 Å². The van der Waals surface area contributed by atoms with E-state index >= 15 is 0 Å². The molecule has 6 nitrogen and oxygen atoms in total. The molecule has 0 amide bonds. The van der Waals surface area contributed by atoms with Crippen molar-refractivity contribution in [2.45, 2.75) is 6.92 Å². The van der Waals surface area contributed by atoms with Gasteiger partial charge in [-0.3, -0.25) is 10.1 Å². The van der Waals surface area contributed by atoms with Crippen LogP contribution in [0.4, 0.5) is 11.4 Å². The van der Waals surface area contributed by atoms with Crippen molar-refractivity contribution in [2.75, 3.05) is 5.73 Å². The monoisotopic (exact) mass is 301 g/mol. The predicted molar refractivity (Wildman–Crippen MR) is 81.9 cm³/mol. The average Bonchev–Trinajstić information content (AvgIpc) is 2.89. The highest BCUT2D eigenvalue weighted by Gasteiger charge is 2.22. The van der Waals surface area contributed by atoms with Crippen LogP contribution in [0.15, 0.2) is 35.8 Å². The van der Waals surface area contributed by atoms with Crippen molar-refractivity contribution in [1.29, 1.82) is 0 Å². The van der Waals surface area contributed by atoms with Gasteiger partial charge in [0.1, 0.15) is 5.75 Å². The highest BCUT2D eigenvalue weighted by Crippen LogP contribution is 2.39. The number of nitro groups is 1. The molecule has 0 fully saturated rings. The van der Waals surface area contributed by atoms with E-state index in [-0.39, 0.29) is 11.4 Å². The number of benzene rings is 2. The summed E-state index contributed by atoms with van der Waals surface area (Å²) in [6.45, 7) is 1.83. The number of hydrogen-bond acceptors (Lipinski definition) is 6. The van der Waals surface area contributed by atoms with Crippen LogP contribution < -0.4 is 10.5 Å². The van der Waals surface area contributed by atoms with Crippen molar-refractivity contribution in [3.8, 4) is 11.5 Å². The summed E-state index contributed by atoms with van der Waals surface area (Å²) in [6.07, 6.45) is 0. The van der Waals surface area contributed by atoms with Gasteiger partial charge in [-0.1, -0.05) is 0 Å². The molecular weight excluding hydrogens is 290 g/mol. The molecule has 0 aliphatic carbocycles. The number of hydrogen-bond donors (Lipinski definition) is 1. The summed E-state index contributed by atoms with van der Waals surface area (Å²) in [5, 5.41) is 11.3. The number of thiazole rings is 1. The fraction of sp³-hybridized carbons (Fsp3) is 0.0714. The van der Waals surface area contributed by atoms with Crippen LogP contribution in [0.2, 0.25) is 0 Å². The molecule has 0 radical (unpaired) electrons. The number of nitrogens with zero attached hydrogens (tertiary/aromatic N) is 2. The van der Waals surface area contributed by atoms with E-state index in [1.54, 1.807) is 35.8 Å². The van der Waals surface area contributed by atoms with Crippen molar-refractivity contribution >= 4 is 32.9 Å². The Bertz CT molecular complexity index is 845. The smallest absolute Gasteiger partial charge is 0.338 e. The molecule has 0 bridgehead atoms. The van der Waals surface area contributed by atoms with E-state index in [1.807, 2.05) is 6.92 Å². The molecule has 0 saturated carbocycles. The quantitative estimate of drug-likeness (QED) is 0.450. The lowest BCUT2D eigenvalue weighted by Crippen LogP contribution is -1.96. The lowest BCUT2D eigenvalue weighted by Gasteiger charge is -2.09. The second-order valence-corrected chi connectivity index (χ2v) is 5.38. The molecule has 3 rings (SSSR count). The minimum atomic E-state index is -0.468. The summed E-state index contributed by atoms with van der Waals surface area (Å²) < 4.78 is 6.45. The van der Waals surface area contributed by atoms with Crippen molar-refractivity contribution in [1.82, 2.24) is 4.98 Å². The summed E-state index contributed by atoms with van der Waals surface area (Å²) in [4.78, 5) is 14.9. The molecule has 0 saturated heterocycles. The van der Waals surface area contributed by atoms with E-state index in [4.69, 9.17) is 10.5 Å². The van der Waals surface area contributed by atoms with E-state index in [1.165, 1.54) is 11.3 Å². The third-order valence-corrected chi connectivity index (χ3v) is 3.83. The molecule has 0 spiro atoms. The second-order valence-electron chi connectivity index (χ2n) is 4.50. The third-order valence-electron chi connectivity index (χ3n) is 3.04. The highest BCUT2D eigenvalue weighted by molar-refractivity contribution is 7.16. The Hall–Kier alpha value is -2.67. The Balaban J connectivity index is 2.11. The topological polar surface area (TPSA) is 91.3 Å². The van der Waals surface area contributed by atoms with Gasteiger partial charge in [0.05, 0.1) is 15.1 Å². The number of anilines is 1. The van der Waals surface area contributed by atoms with Gasteiger partial charge in [0.15, 0.2) is 5.52 Å². The van der Waals surface area contributed by atoms with Crippen LogP contribution in [-0.2, 0) is 0 Å². The van der Waals surface area contributed by atoms with Gasteiger partial charge in [0, 0.05) is 5.69 Å². The lowest BCUT2D eigenvalue weighted by atomic mass is 10.2. The van der Waals surface area contributed by atoms with Gasteiger partial charge in [-0.05, 0) is 42.8 Å². The van der Waals surface area contributed by atoms with E-state index in [0.29, 0.717) is 17.0 Å². The molecule has 1 heterocycles. The minimum absolute atomic E-state index is 0.120. The first kappa shape index (κ1) is 13.3. The zero-order chi connectivity index (χ0) is 15.0. The molecular formula is C14H11N3O3S. The van der Waals surface area contributed by atoms with E-state index < -0.39 is 4.92 Å². The number of nitrogen functional groups attached to an aromatic ring is 1. The predicted octanol–water partition coefficient (Wildman–Crippen LogP) is 3.89. The summed E-state index contributed by atoms with van der Waals surface area (Å²) >= 11 is 1.35. The van der Waals surface area contributed by atoms with Gasteiger partial charge in [0.2, 0.25) is 5.75 Å². The third kappa shape index (κ3) is 2.38. The van der Waals surface area contributed by atoms with Crippen molar-refractivity contribution in [3.05, 3.63) is 51.5 Å². The van der Waals surface area contributed by atoms with Crippen LogP contribution >= 0.6 is 11.3 Å². The van der Waals surface area contributed by atoms with Crippen LogP contribution in [0, 0.1) is 17.0 Å². The second kappa shape index (κ2) is 5.02. The van der Waals surface area contributed by atoms with Crippen LogP contribution in [-0.4, -0.2) is 9.91 Å². The Morgan fingerprint density at radius 3 is 2.76 bits per heavy atom. The number of nitrogens with two attached hydrogens (primary N) is 1. The number of aromatic nitrogens is 1. The van der Waals surface area contributed by atoms with Crippen LogP contribution in [0.5, 0.6) is 11.5 Å². The highest BCUT2D eigenvalue weighted by atomic mass is 32.1. The number of fused-ring (bicyclic) bond motifs is 1. The molecule has 2 N–H and O–H groups in total. The molecule has 7 heteroatoms. The number of rotatable bonds is 3. The molecule has 0 atom stereocenters. The maximum absolute atomic E-state index is 11.3. The van der Waals surface area contributed by atoms with Crippen molar-refractivity contribution in [2.24, 2.45) is 0 Å². The van der Waals surface area contributed by atoms with E-state index in [9.17, 15) is 10.1 Å². The zero-order valence-electron chi connectivity index (χ0n) is 11.1. The number of nitro benzene ring substituents is 1. The first-order valence-electron chi connectivity index (χ1n) is 6.11. The number of ether oxygens (including phenoxy) is 1. The Morgan fingerprint density at radius 1 is 1.29 bits per heavy atom. The Kier molecular flexibility index (Phi) is 3.19. The molecule has 0 aliphatic rings. The standard InChI is InChI=1S/C14H11N3O3S/c1-8-6-9(15)2-3-10(8)20-11-4-5-12-13(16-7-21-12)14(11)17(18)19/h2-7H,15H2,1H3. The number of aryl methyl sites for hydroxylation is 1. The normalized spacial score (nSPS) is 10.7. The average molecular weight is 301 g/mol. The van der Waals surface area contributed by atoms with E-state index in [2.05, 4.69) is 4.98 Å². The molecule has 0 aliphatic heterocycles. The zero-order valence-corrected chi connectivity index (χ0v) is 11.9. The lowest BCUT2D eigenvalue weighted by molar-refractivity contribution is -0.384. The SMILES string of the molecule is Cc1cc(N)ccc1Oc1ccc2scnc2c1[N+](=O)[O-]. The molecule has 0 unspecified atom stereocenters. The first-order valence-corrected chi connectivity index (χ1v) is 6.99. The summed E-state index contributed by atoms with van der Waals surface area (Å²) in [5.41, 5.74) is 8.91. The summed E-state index contributed by atoms with van der Waals surface area (Å²) in [5.74, 6) is 0.702. The fourth-order valence-electron chi connectivity index (χ4n) is 2.06. The summed E-state index contributed by atoms with van der Waals surface area (Å²) in [7, 11) is 0. The van der Waals surface area contributed by atoms with Gasteiger partial charge in [-0.2, -0.15) is 0 Å². The largest absolute Gasteiger partial charge is 0.450 e. The van der Waals surface area contributed by atoms with Crippen molar-refractivity contribution in [3.63, 3.8) is 0 Å². The van der Waals surface area contributed by atoms with Gasteiger partial charge in [-0.25, -0.2) is 4.98 Å². The Labute approximate surface area is 124 Å². The maximum Gasteiger partial charge on any atom is 0.338 e. The molecule has 2 aromatic carbocycles. The van der Waals surface area contributed by atoms with Crippen LogP contribution in [0.25, 0.3) is 10.2 Å². The van der Waals surface area contributed by atoms with Gasteiger partial charge < -0.3 is 10.5 Å². The first-order chi connectivity index (χ1) is 10.1.